The monoisotopic (exact) mass is 511 g/mol. The number of carbonyl (C=O) groups excluding carboxylic acids is 1. The molecule has 1 aromatic heterocycles. The van der Waals surface area contributed by atoms with E-state index in [2.05, 4.69) is 77.9 Å². The van der Waals surface area contributed by atoms with E-state index < -0.39 is 0 Å². The van der Waals surface area contributed by atoms with Crippen LogP contribution in [0.1, 0.15) is 81.2 Å². The van der Waals surface area contributed by atoms with Crippen molar-refractivity contribution in [1.29, 1.82) is 0 Å². The van der Waals surface area contributed by atoms with E-state index in [1.165, 1.54) is 60.7 Å². The van der Waals surface area contributed by atoms with Crippen LogP contribution in [-0.2, 0) is 4.79 Å². The molecule has 1 amide bonds. The topological polar surface area (TPSA) is 37.6 Å². The lowest BCUT2D eigenvalue weighted by Gasteiger charge is -2.31. The molecule has 37 heavy (non-hydrogen) atoms. The zero-order chi connectivity index (χ0) is 25.4. The number of aryl methyl sites for hydroxylation is 1. The maximum absolute atomic E-state index is 13.9. The minimum absolute atomic E-state index is 0.154. The number of rotatable bonds is 4. The molecule has 5 heteroatoms. The van der Waals surface area contributed by atoms with Crippen LogP contribution >= 0.6 is 11.8 Å². The molecule has 0 spiro atoms. The summed E-state index contributed by atoms with van der Waals surface area (Å²) in [4.78, 5) is 22.0. The van der Waals surface area contributed by atoms with Crippen molar-refractivity contribution in [2.75, 3.05) is 0 Å². The molecule has 2 heterocycles. The van der Waals surface area contributed by atoms with E-state index in [1.807, 2.05) is 0 Å². The van der Waals surface area contributed by atoms with Crippen LogP contribution in [0.15, 0.2) is 58.4 Å². The molecule has 2 aromatic carbocycles. The third kappa shape index (κ3) is 4.79. The van der Waals surface area contributed by atoms with Crippen LogP contribution in [0.2, 0.25) is 0 Å². The van der Waals surface area contributed by atoms with Crippen LogP contribution in [0.25, 0.3) is 22.5 Å². The molecule has 6 rings (SSSR count). The van der Waals surface area contributed by atoms with Gasteiger partial charge < -0.3 is 4.57 Å². The number of aliphatic imine (C=N–C) groups is 1. The summed E-state index contributed by atoms with van der Waals surface area (Å²) in [5, 5.41) is 3.43. The van der Waals surface area contributed by atoms with Gasteiger partial charge in [-0.1, -0.05) is 74.9 Å². The van der Waals surface area contributed by atoms with Crippen molar-refractivity contribution in [3.8, 4) is 5.69 Å². The van der Waals surface area contributed by atoms with E-state index in [1.54, 1.807) is 11.8 Å². The van der Waals surface area contributed by atoms with Gasteiger partial charge in [0, 0.05) is 22.8 Å². The lowest BCUT2D eigenvalue weighted by Crippen LogP contribution is -2.41. The summed E-state index contributed by atoms with van der Waals surface area (Å²) in [7, 11) is 0. The normalized spacial score (nSPS) is 22.1. The third-order valence-electron chi connectivity index (χ3n) is 8.41. The predicted octanol–water partition coefficient (Wildman–Crippen LogP) is 8.19. The first-order chi connectivity index (χ1) is 18.1. The van der Waals surface area contributed by atoms with Crippen molar-refractivity contribution in [3.05, 3.63) is 70.4 Å². The second-order valence-corrected chi connectivity index (χ2v) is 12.0. The summed E-state index contributed by atoms with van der Waals surface area (Å²) in [6.45, 7) is 4.33. The molecule has 0 bridgehead atoms. The number of carbonyl (C=O) groups is 1. The smallest absolute Gasteiger partial charge is 0.267 e. The van der Waals surface area contributed by atoms with E-state index >= 15 is 0 Å². The van der Waals surface area contributed by atoms with Crippen molar-refractivity contribution in [2.24, 2.45) is 4.99 Å². The average Bonchev–Trinajstić information content (AvgIpc) is 3.38. The van der Waals surface area contributed by atoms with Gasteiger partial charge in [-0.25, -0.2) is 0 Å². The van der Waals surface area contributed by atoms with Gasteiger partial charge in [-0.15, -0.1) is 0 Å². The largest absolute Gasteiger partial charge is 0.317 e. The zero-order valence-corrected chi connectivity index (χ0v) is 22.9. The molecule has 3 fully saturated rings. The minimum atomic E-state index is 0.154. The molecule has 2 saturated carbocycles. The van der Waals surface area contributed by atoms with Gasteiger partial charge in [0.05, 0.1) is 16.6 Å². The molecule has 192 valence electrons. The lowest BCUT2D eigenvalue weighted by atomic mass is 9.94. The summed E-state index contributed by atoms with van der Waals surface area (Å²) in [5.41, 5.74) is 4.64. The molecule has 0 unspecified atom stereocenters. The number of amidine groups is 1. The predicted molar refractivity (Wildman–Crippen MR) is 156 cm³/mol. The summed E-state index contributed by atoms with van der Waals surface area (Å²) >= 11 is 1.61. The van der Waals surface area contributed by atoms with Crippen LogP contribution in [-0.4, -0.2) is 32.6 Å². The molecular formula is C32H37N3OS. The van der Waals surface area contributed by atoms with Gasteiger partial charge in [0.2, 0.25) is 0 Å². The van der Waals surface area contributed by atoms with Crippen LogP contribution in [0.3, 0.4) is 0 Å². The number of benzene rings is 2. The first-order valence-corrected chi connectivity index (χ1v) is 14.9. The Hall–Kier alpha value is -2.79. The van der Waals surface area contributed by atoms with Gasteiger partial charge in [0.1, 0.15) is 0 Å². The fraction of sp³-hybridized carbons (Fsp3) is 0.438. The average molecular weight is 512 g/mol. The van der Waals surface area contributed by atoms with Crippen molar-refractivity contribution in [2.45, 2.75) is 90.1 Å². The maximum atomic E-state index is 13.9. The van der Waals surface area contributed by atoms with Crippen LogP contribution in [0.5, 0.6) is 0 Å². The Labute approximate surface area is 224 Å². The van der Waals surface area contributed by atoms with E-state index in [0.29, 0.717) is 12.1 Å². The molecule has 0 atom stereocenters. The van der Waals surface area contributed by atoms with Crippen LogP contribution < -0.4 is 0 Å². The molecule has 0 N–H and O–H groups in total. The number of aromatic nitrogens is 1. The summed E-state index contributed by atoms with van der Waals surface area (Å²) in [5.74, 6) is 0.154. The summed E-state index contributed by atoms with van der Waals surface area (Å²) < 4.78 is 2.33. The SMILES string of the molecule is Cc1cc(C=C2SC(=NC3CCCCC3)N(C3CCCCC3)C2=O)c(C)n1-c1cccc2ccccc12. The van der Waals surface area contributed by atoms with E-state index in [4.69, 9.17) is 4.99 Å². The third-order valence-corrected chi connectivity index (χ3v) is 9.41. The van der Waals surface area contributed by atoms with Crippen molar-refractivity contribution in [3.63, 3.8) is 0 Å². The molecule has 0 radical (unpaired) electrons. The number of hydrogen-bond donors (Lipinski definition) is 0. The number of nitrogens with zero attached hydrogens (tertiary/aromatic N) is 3. The molecule has 4 nitrogen and oxygen atoms in total. The number of hydrogen-bond acceptors (Lipinski definition) is 3. The summed E-state index contributed by atoms with van der Waals surface area (Å²) in [6.07, 6.45) is 14.2. The van der Waals surface area contributed by atoms with Crippen molar-refractivity contribution in [1.82, 2.24) is 9.47 Å². The lowest BCUT2D eigenvalue weighted by molar-refractivity contribution is -0.124. The Bertz CT molecular complexity index is 1370. The van der Waals surface area contributed by atoms with Crippen LogP contribution in [0, 0.1) is 13.8 Å². The second-order valence-electron chi connectivity index (χ2n) is 10.9. The zero-order valence-electron chi connectivity index (χ0n) is 22.1. The van der Waals surface area contributed by atoms with E-state index in [0.717, 1.165) is 47.0 Å². The maximum Gasteiger partial charge on any atom is 0.267 e. The van der Waals surface area contributed by atoms with Gasteiger partial charge in [0.15, 0.2) is 5.17 Å². The highest BCUT2D eigenvalue weighted by Gasteiger charge is 2.39. The highest BCUT2D eigenvalue weighted by atomic mass is 32.2. The molecule has 3 aliphatic rings. The highest BCUT2D eigenvalue weighted by Crippen LogP contribution is 2.39. The Morgan fingerprint density at radius 2 is 1.59 bits per heavy atom. The molecule has 3 aromatic rings. The fourth-order valence-corrected chi connectivity index (χ4v) is 7.55. The Kier molecular flexibility index (Phi) is 6.98. The van der Waals surface area contributed by atoms with Crippen LogP contribution in [0.4, 0.5) is 0 Å². The Morgan fingerprint density at radius 3 is 2.38 bits per heavy atom. The molecule has 2 aliphatic carbocycles. The number of amides is 1. The summed E-state index contributed by atoms with van der Waals surface area (Å²) in [6, 6.07) is 17.9. The van der Waals surface area contributed by atoms with Gasteiger partial charge in [-0.3, -0.25) is 14.7 Å². The van der Waals surface area contributed by atoms with E-state index in [-0.39, 0.29) is 5.91 Å². The molecule has 1 aliphatic heterocycles. The number of fused-ring (bicyclic) bond motifs is 1. The first-order valence-electron chi connectivity index (χ1n) is 14.1. The van der Waals surface area contributed by atoms with Gasteiger partial charge in [-0.05, 0) is 80.5 Å². The van der Waals surface area contributed by atoms with E-state index in [9.17, 15) is 4.79 Å². The quantitative estimate of drug-likeness (QED) is 0.331. The van der Waals surface area contributed by atoms with Gasteiger partial charge in [0.25, 0.3) is 5.91 Å². The Morgan fingerprint density at radius 1 is 0.892 bits per heavy atom. The first kappa shape index (κ1) is 24.5. The minimum Gasteiger partial charge on any atom is -0.317 e. The molecular weight excluding hydrogens is 474 g/mol. The highest BCUT2D eigenvalue weighted by molar-refractivity contribution is 8.18. The van der Waals surface area contributed by atoms with Gasteiger partial charge >= 0.3 is 0 Å². The molecule has 1 saturated heterocycles. The second kappa shape index (κ2) is 10.5. The standard InChI is InChI=1S/C32H37N3OS/c1-22-20-25(23(2)34(22)29-19-11-13-24-12-9-10-18-28(24)29)21-30-31(36)35(27-16-7-4-8-17-27)32(37-30)33-26-14-5-3-6-15-26/h9-13,18-21,26-27H,3-8,14-17H2,1-2H3. The number of thioether (sulfide) groups is 1. The van der Waals surface area contributed by atoms with Gasteiger partial charge in [-0.2, -0.15) is 0 Å². The Balaban J connectivity index is 1.37. The van der Waals surface area contributed by atoms with Crippen molar-refractivity contribution < 1.29 is 4.79 Å². The fourth-order valence-electron chi connectivity index (χ4n) is 6.45. The van der Waals surface area contributed by atoms with Crippen molar-refractivity contribution >= 4 is 39.7 Å².